The number of alkyl halides is 3. The maximum absolute atomic E-state index is 13.3. The number of sulfonamides is 2. The maximum Gasteiger partial charge on any atom is 0.417 e. The van der Waals surface area contributed by atoms with Crippen LogP contribution in [0.15, 0.2) is 46.2 Å². The van der Waals surface area contributed by atoms with Crippen LogP contribution in [0.2, 0.25) is 5.02 Å². The second-order valence-electron chi connectivity index (χ2n) is 8.13. The summed E-state index contributed by atoms with van der Waals surface area (Å²) in [6.07, 6.45) is -3.12. The first-order chi connectivity index (χ1) is 16.4. The molecule has 2 aliphatic rings. The molecule has 1 N–H and O–H groups in total. The standard InChI is InChI=1S/C21H23ClF3N3O5S2/c22-18-5-3-15(13-17(18)21(23,24)25)34(29,30)26-19-14-16(4-6-20(19)27-7-1-2-8-27)35(31,32)28-9-11-33-12-10-28/h3-6,13-14,26H,1-2,7-12H2. The Morgan fingerprint density at radius 3 is 2.14 bits per heavy atom. The van der Waals surface area contributed by atoms with Gasteiger partial charge in [-0.15, -0.1) is 0 Å². The fraction of sp³-hybridized carbons (Fsp3) is 0.429. The molecule has 2 saturated heterocycles. The maximum atomic E-state index is 13.3. The van der Waals surface area contributed by atoms with Crippen LogP contribution in [0, 0.1) is 0 Å². The number of nitrogens with one attached hydrogen (secondary N) is 1. The summed E-state index contributed by atoms with van der Waals surface area (Å²) in [7, 11) is -8.46. The van der Waals surface area contributed by atoms with Crippen molar-refractivity contribution in [1.82, 2.24) is 4.31 Å². The van der Waals surface area contributed by atoms with E-state index in [1.807, 2.05) is 4.90 Å². The quantitative estimate of drug-likeness (QED) is 0.585. The highest BCUT2D eigenvalue weighted by atomic mass is 35.5. The zero-order valence-corrected chi connectivity index (χ0v) is 20.8. The SMILES string of the molecule is O=S(=O)(Nc1cc(S(=O)(=O)N2CCOCC2)ccc1N1CCCC1)c1ccc(Cl)c(C(F)(F)F)c1. The zero-order valence-electron chi connectivity index (χ0n) is 18.4. The molecule has 2 aromatic rings. The third-order valence-corrected chi connectivity index (χ3v) is 9.41. The molecule has 0 amide bonds. The Bertz CT molecular complexity index is 1310. The molecule has 0 aromatic heterocycles. The van der Waals surface area contributed by atoms with Gasteiger partial charge in [0.1, 0.15) is 0 Å². The number of hydrogen-bond donors (Lipinski definition) is 1. The van der Waals surface area contributed by atoms with E-state index in [0.29, 0.717) is 24.8 Å². The van der Waals surface area contributed by atoms with Gasteiger partial charge in [0.05, 0.1) is 45.0 Å². The van der Waals surface area contributed by atoms with Gasteiger partial charge in [-0.2, -0.15) is 17.5 Å². The van der Waals surface area contributed by atoms with Gasteiger partial charge in [-0.25, -0.2) is 16.8 Å². The molecule has 14 heteroatoms. The molecule has 2 heterocycles. The summed E-state index contributed by atoms with van der Waals surface area (Å²) in [6, 6.07) is 6.40. The van der Waals surface area contributed by atoms with E-state index >= 15 is 0 Å². The Balaban J connectivity index is 1.75. The van der Waals surface area contributed by atoms with Crippen LogP contribution >= 0.6 is 11.6 Å². The Morgan fingerprint density at radius 2 is 1.51 bits per heavy atom. The van der Waals surface area contributed by atoms with Gasteiger partial charge in [-0.1, -0.05) is 11.6 Å². The van der Waals surface area contributed by atoms with Crippen molar-refractivity contribution in [3.05, 3.63) is 47.0 Å². The number of benzene rings is 2. The lowest BCUT2D eigenvalue weighted by Crippen LogP contribution is -2.40. The van der Waals surface area contributed by atoms with E-state index in [4.69, 9.17) is 16.3 Å². The van der Waals surface area contributed by atoms with Crippen molar-refractivity contribution in [2.45, 2.75) is 28.8 Å². The number of halogens is 4. The highest BCUT2D eigenvalue weighted by Gasteiger charge is 2.35. The number of hydrogen-bond acceptors (Lipinski definition) is 6. The predicted octanol–water partition coefficient (Wildman–Crippen LogP) is 3.78. The van der Waals surface area contributed by atoms with Gasteiger partial charge in [0.15, 0.2) is 0 Å². The molecule has 0 saturated carbocycles. The van der Waals surface area contributed by atoms with E-state index in [9.17, 15) is 30.0 Å². The molecular formula is C21H23ClF3N3O5S2. The molecule has 192 valence electrons. The minimum Gasteiger partial charge on any atom is -0.379 e. The molecule has 2 aromatic carbocycles. The molecule has 0 bridgehead atoms. The number of morpholine rings is 1. The van der Waals surface area contributed by atoms with Crippen LogP contribution in [-0.4, -0.2) is 60.5 Å². The van der Waals surface area contributed by atoms with Crippen molar-refractivity contribution in [3.8, 4) is 0 Å². The van der Waals surface area contributed by atoms with Crippen LogP contribution in [0.4, 0.5) is 24.5 Å². The van der Waals surface area contributed by atoms with Crippen molar-refractivity contribution in [3.63, 3.8) is 0 Å². The van der Waals surface area contributed by atoms with Crippen LogP contribution in [-0.2, 0) is 31.0 Å². The fourth-order valence-electron chi connectivity index (χ4n) is 4.02. The van der Waals surface area contributed by atoms with Gasteiger partial charge >= 0.3 is 6.18 Å². The van der Waals surface area contributed by atoms with Crippen LogP contribution < -0.4 is 9.62 Å². The van der Waals surface area contributed by atoms with Crippen molar-refractivity contribution in [2.75, 3.05) is 49.0 Å². The zero-order chi connectivity index (χ0) is 25.4. The van der Waals surface area contributed by atoms with Crippen LogP contribution in [0.1, 0.15) is 18.4 Å². The molecule has 0 atom stereocenters. The molecular weight excluding hydrogens is 531 g/mol. The summed E-state index contributed by atoms with van der Waals surface area (Å²) in [5, 5.41) is -0.632. The van der Waals surface area contributed by atoms with Crippen LogP contribution in [0.3, 0.4) is 0 Å². The Kier molecular flexibility index (Phi) is 7.26. The fourth-order valence-corrected chi connectivity index (χ4v) is 6.77. The normalized spacial score (nSPS) is 18.1. The largest absolute Gasteiger partial charge is 0.417 e. The molecule has 0 spiro atoms. The third kappa shape index (κ3) is 5.53. The lowest BCUT2D eigenvalue weighted by molar-refractivity contribution is -0.137. The molecule has 0 unspecified atom stereocenters. The average molecular weight is 554 g/mol. The molecule has 0 aliphatic carbocycles. The summed E-state index contributed by atoms with van der Waals surface area (Å²) < 4.78 is 101. The van der Waals surface area contributed by atoms with Crippen molar-refractivity contribution in [1.29, 1.82) is 0 Å². The van der Waals surface area contributed by atoms with Gasteiger partial charge in [0, 0.05) is 26.2 Å². The second-order valence-corrected chi connectivity index (χ2v) is 12.2. The summed E-state index contributed by atoms with van der Waals surface area (Å²) in [4.78, 5) is 1.11. The van der Waals surface area contributed by atoms with Crippen molar-refractivity contribution >= 4 is 43.0 Å². The first-order valence-electron chi connectivity index (χ1n) is 10.8. The minimum absolute atomic E-state index is 0.0373. The Labute approximate surface area is 206 Å². The number of ether oxygens (including phenoxy) is 1. The first-order valence-corrected chi connectivity index (χ1v) is 14.1. The van der Waals surface area contributed by atoms with Crippen LogP contribution in [0.5, 0.6) is 0 Å². The molecule has 0 radical (unpaired) electrons. The molecule has 2 aliphatic heterocycles. The topological polar surface area (TPSA) is 96.0 Å². The minimum atomic E-state index is -4.85. The van der Waals surface area contributed by atoms with E-state index in [0.717, 1.165) is 25.0 Å². The third-order valence-electron chi connectivity index (χ3n) is 5.82. The van der Waals surface area contributed by atoms with Crippen LogP contribution in [0.25, 0.3) is 0 Å². The monoisotopic (exact) mass is 553 g/mol. The van der Waals surface area contributed by atoms with Gasteiger partial charge in [0.25, 0.3) is 10.0 Å². The van der Waals surface area contributed by atoms with Crippen molar-refractivity contribution < 1.29 is 34.7 Å². The predicted molar refractivity (Wildman–Crippen MR) is 125 cm³/mol. The van der Waals surface area contributed by atoms with Gasteiger partial charge in [-0.3, -0.25) is 4.72 Å². The Morgan fingerprint density at radius 1 is 0.886 bits per heavy atom. The smallest absolute Gasteiger partial charge is 0.379 e. The van der Waals surface area contributed by atoms with E-state index in [-0.39, 0.29) is 36.9 Å². The first kappa shape index (κ1) is 26.0. The van der Waals surface area contributed by atoms with Gasteiger partial charge in [0.2, 0.25) is 10.0 Å². The summed E-state index contributed by atoms with van der Waals surface area (Å²) >= 11 is 5.63. The molecule has 8 nitrogen and oxygen atoms in total. The highest BCUT2D eigenvalue weighted by molar-refractivity contribution is 7.92. The summed E-state index contributed by atoms with van der Waals surface area (Å²) in [5.74, 6) is 0. The summed E-state index contributed by atoms with van der Waals surface area (Å²) in [6.45, 7) is 2.04. The summed E-state index contributed by atoms with van der Waals surface area (Å²) in [5.41, 5.74) is -0.882. The van der Waals surface area contributed by atoms with E-state index < -0.39 is 41.7 Å². The van der Waals surface area contributed by atoms with E-state index in [1.165, 1.54) is 22.5 Å². The molecule has 35 heavy (non-hydrogen) atoms. The highest BCUT2D eigenvalue weighted by Crippen LogP contribution is 2.37. The lowest BCUT2D eigenvalue weighted by Gasteiger charge is -2.27. The lowest BCUT2D eigenvalue weighted by atomic mass is 10.2. The van der Waals surface area contributed by atoms with Crippen molar-refractivity contribution in [2.24, 2.45) is 0 Å². The number of nitrogens with zero attached hydrogens (tertiary/aromatic N) is 2. The molecule has 4 rings (SSSR count). The Hall–Kier alpha value is -2.06. The van der Waals surface area contributed by atoms with Gasteiger partial charge in [-0.05, 0) is 49.2 Å². The average Bonchev–Trinajstić information content (AvgIpc) is 3.33. The second kappa shape index (κ2) is 9.77. The number of anilines is 2. The molecule has 2 fully saturated rings. The number of rotatable bonds is 6. The van der Waals surface area contributed by atoms with Gasteiger partial charge < -0.3 is 9.64 Å². The van der Waals surface area contributed by atoms with E-state index in [1.54, 1.807) is 0 Å². The van der Waals surface area contributed by atoms with E-state index in [2.05, 4.69) is 4.72 Å².